The van der Waals surface area contributed by atoms with Crippen LogP contribution in [0.3, 0.4) is 0 Å². The van der Waals surface area contributed by atoms with Crippen molar-refractivity contribution < 1.29 is 22.7 Å². The second-order valence-corrected chi connectivity index (χ2v) is 10.7. The lowest BCUT2D eigenvalue weighted by molar-refractivity contribution is -0.122. The molecule has 176 valence electrons. The van der Waals surface area contributed by atoms with E-state index in [-0.39, 0.29) is 36.3 Å². The fourth-order valence-corrected chi connectivity index (χ4v) is 5.92. The van der Waals surface area contributed by atoms with Gasteiger partial charge in [-0.3, -0.25) is 9.59 Å². The first-order valence-electron chi connectivity index (χ1n) is 10.9. The van der Waals surface area contributed by atoms with Gasteiger partial charge in [0.25, 0.3) is 0 Å². The highest BCUT2D eigenvalue weighted by Crippen LogP contribution is 2.34. The molecule has 9 nitrogen and oxygen atoms in total. The van der Waals surface area contributed by atoms with Gasteiger partial charge in [0.1, 0.15) is 11.6 Å². The third kappa shape index (κ3) is 4.05. The van der Waals surface area contributed by atoms with Crippen molar-refractivity contribution in [3.8, 4) is 11.4 Å². The zero-order chi connectivity index (χ0) is 24.0. The van der Waals surface area contributed by atoms with E-state index in [0.717, 1.165) is 11.3 Å². The summed E-state index contributed by atoms with van der Waals surface area (Å²) in [6.45, 7) is 2.20. The summed E-state index contributed by atoms with van der Waals surface area (Å²) >= 11 is 0. The maximum Gasteiger partial charge on any atom is 0.230 e. The number of benzene rings is 2. The molecule has 0 radical (unpaired) electrons. The summed E-state index contributed by atoms with van der Waals surface area (Å²) in [7, 11) is -1.75. The quantitative estimate of drug-likeness (QED) is 0.601. The van der Waals surface area contributed by atoms with Crippen molar-refractivity contribution in [1.82, 2.24) is 9.78 Å². The van der Waals surface area contributed by atoms with Gasteiger partial charge in [0.05, 0.1) is 35.9 Å². The van der Waals surface area contributed by atoms with Crippen molar-refractivity contribution in [3.63, 3.8) is 0 Å². The molecule has 0 aliphatic carbocycles. The third-order valence-corrected chi connectivity index (χ3v) is 7.60. The van der Waals surface area contributed by atoms with Gasteiger partial charge in [0, 0.05) is 24.2 Å². The molecule has 1 aromatic heterocycles. The van der Waals surface area contributed by atoms with E-state index in [9.17, 15) is 18.0 Å². The Morgan fingerprint density at radius 3 is 2.59 bits per heavy atom. The summed E-state index contributed by atoms with van der Waals surface area (Å²) < 4.78 is 31.2. The Balaban J connectivity index is 1.43. The molecular weight excluding hydrogens is 456 g/mol. The first kappa shape index (κ1) is 22.1. The normalized spacial score (nSPS) is 18.7. The van der Waals surface area contributed by atoms with Gasteiger partial charge < -0.3 is 15.0 Å². The molecule has 3 heterocycles. The summed E-state index contributed by atoms with van der Waals surface area (Å²) in [5.41, 5.74) is 3.36. The van der Waals surface area contributed by atoms with Crippen LogP contribution >= 0.6 is 0 Å². The maximum absolute atomic E-state index is 13.2. The smallest absolute Gasteiger partial charge is 0.230 e. The van der Waals surface area contributed by atoms with Crippen molar-refractivity contribution in [3.05, 3.63) is 65.4 Å². The molecule has 1 N–H and O–H groups in total. The molecule has 1 saturated heterocycles. The summed E-state index contributed by atoms with van der Waals surface area (Å²) in [5.74, 6) is -0.400. The topological polar surface area (TPSA) is 111 Å². The predicted molar refractivity (Wildman–Crippen MR) is 127 cm³/mol. The minimum atomic E-state index is -3.32. The molecule has 10 heteroatoms. The van der Waals surface area contributed by atoms with Crippen LogP contribution in [-0.4, -0.2) is 43.7 Å². The van der Waals surface area contributed by atoms with E-state index >= 15 is 0 Å². The molecule has 0 bridgehead atoms. The lowest BCUT2D eigenvalue weighted by Crippen LogP contribution is -2.29. The second-order valence-electron chi connectivity index (χ2n) is 8.65. The van der Waals surface area contributed by atoms with E-state index in [4.69, 9.17) is 4.74 Å². The standard InChI is InChI=1S/C24H24N4O5S/c1-15-4-3-5-18(10-15)27-12-16(11-22(27)29)24(30)25-23-20-13-34(31,32)14-21(20)26-28(23)17-6-8-19(33-2)9-7-17/h3-10,16H,11-14H2,1-2H3,(H,25,30). The van der Waals surface area contributed by atoms with Crippen LogP contribution in [0.1, 0.15) is 23.2 Å². The van der Waals surface area contributed by atoms with Gasteiger partial charge in [-0.25, -0.2) is 13.1 Å². The van der Waals surface area contributed by atoms with Crippen LogP contribution in [0.5, 0.6) is 5.75 Å². The minimum Gasteiger partial charge on any atom is -0.497 e. The number of rotatable bonds is 5. The average Bonchev–Trinajstić information content (AvgIpc) is 3.44. The van der Waals surface area contributed by atoms with E-state index in [1.165, 1.54) is 0 Å². The lowest BCUT2D eigenvalue weighted by atomic mass is 10.1. The molecule has 2 aromatic carbocycles. The number of sulfone groups is 1. The number of anilines is 2. The van der Waals surface area contributed by atoms with Crippen molar-refractivity contribution >= 4 is 33.2 Å². The van der Waals surface area contributed by atoms with E-state index in [0.29, 0.717) is 28.5 Å². The molecule has 2 amide bonds. The van der Waals surface area contributed by atoms with Gasteiger partial charge in [-0.1, -0.05) is 12.1 Å². The van der Waals surface area contributed by atoms with Crippen molar-refractivity contribution in [1.29, 1.82) is 0 Å². The van der Waals surface area contributed by atoms with Crippen LogP contribution in [-0.2, 0) is 30.9 Å². The number of hydrogen-bond donors (Lipinski definition) is 1. The van der Waals surface area contributed by atoms with E-state index in [2.05, 4.69) is 10.4 Å². The highest BCUT2D eigenvalue weighted by Gasteiger charge is 2.38. The number of carbonyl (C=O) groups is 2. The number of methoxy groups -OCH3 is 1. The van der Waals surface area contributed by atoms with Crippen LogP contribution in [0.25, 0.3) is 5.69 Å². The van der Waals surface area contributed by atoms with Crippen molar-refractivity contribution in [2.75, 3.05) is 23.9 Å². The summed E-state index contributed by atoms with van der Waals surface area (Å²) in [4.78, 5) is 27.5. The Hall–Kier alpha value is -3.66. The molecule has 34 heavy (non-hydrogen) atoms. The zero-order valence-corrected chi connectivity index (χ0v) is 19.6. The molecule has 0 saturated carbocycles. The Labute approximate surface area is 197 Å². The van der Waals surface area contributed by atoms with Crippen molar-refractivity contribution in [2.45, 2.75) is 24.9 Å². The van der Waals surface area contributed by atoms with Crippen molar-refractivity contribution in [2.24, 2.45) is 5.92 Å². The van der Waals surface area contributed by atoms with Gasteiger partial charge >= 0.3 is 0 Å². The van der Waals surface area contributed by atoms with Gasteiger partial charge in [-0.15, -0.1) is 0 Å². The molecule has 2 aliphatic heterocycles. The molecule has 5 rings (SSSR count). The number of nitrogens with one attached hydrogen (secondary N) is 1. The second kappa shape index (κ2) is 8.28. The minimum absolute atomic E-state index is 0.0803. The zero-order valence-electron chi connectivity index (χ0n) is 18.8. The molecule has 1 fully saturated rings. The summed E-state index contributed by atoms with van der Waals surface area (Å²) in [6.07, 6.45) is 0.0803. The van der Waals surface area contributed by atoms with Crippen LogP contribution in [0.4, 0.5) is 11.5 Å². The number of aromatic nitrogens is 2. The van der Waals surface area contributed by atoms with E-state index in [1.807, 2.05) is 31.2 Å². The summed E-state index contributed by atoms with van der Waals surface area (Å²) in [6, 6.07) is 14.7. The monoisotopic (exact) mass is 480 g/mol. The Morgan fingerprint density at radius 2 is 1.88 bits per heavy atom. The van der Waals surface area contributed by atoms with E-state index < -0.39 is 15.8 Å². The largest absolute Gasteiger partial charge is 0.497 e. The molecule has 0 spiro atoms. The Bertz CT molecular complexity index is 1400. The summed E-state index contributed by atoms with van der Waals surface area (Å²) in [5, 5.41) is 7.37. The molecule has 2 aliphatic rings. The number of hydrogen-bond acceptors (Lipinski definition) is 6. The molecule has 1 atom stereocenters. The van der Waals surface area contributed by atoms with Gasteiger partial charge in [0.15, 0.2) is 9.84 Å². The molecule has 3 aromatic rings. The van der Waals surface area contributed by atoms with Crippen LogP contribution in [0.2, 0.25) is 0 Å². The number of amides is 2. The number of ether oxygens (including phenoxy) is 1. The van der Waals surface area contributed by atoms with Gasteiger partial charge in [0.2, 0.25) is 11.8 Å². The highest BCUT2D eigenvalue weighted by molar-refractivity contribution is 7.90. The van der Waals surface area contributed by atoms with E-state index in [1.54, 1.807) is 41.0 Å². The molecular formula is C24H24N4O5S. The van der Waals surface area contributed by atoms with Gasteiger partial charge in [-0.2, -0.15) is 5.10 Å². The predicted octanol–water partition coefficient (Wildman–Crippen LogP) is 2.61. The number of carbonyl (C=O) groups excluding carboxylic acids is 2. The van der Waals surface area contributed by atoms with Crippen LogP contribution in [0, 0.1) is 12.8 Å². The molecule has 1 unspecified atom stereocenters. The highest BCUT2D eigenvalue weighted by atomic mass is 32.2. The van der Waals surface area contributed by atoms with Crippen LogP contribution in [0.15, 0.2) is 48.5 Å². The first-order valence-corrected chi connectivity index (χ1v) is 12.7. The number of aryl methyl sites for hydroxylation is 1. The Morgan fingerprint density at radius 1 is 1.12 bits per heavy atom. The third-order valence-electron chi connectivity index (χ3n) is 6.16. The number of nitrogens with zero attached hydrogens (tertiary/aromatic N) is 3. The van der Waals surface area contributed by atoms with Crippen LogP contribution < -0.4 is 15.0 Å². The fourth-order valence-electron chi connectivity index (χ4n) is 4.43. The SMILES string of the molecule is COc1ccc(-n2nc3c(c2NC(=O)C2CC(=O)N(c4cccc(C)c4)C2)CS(=O)(=O)C3)cc1. The average molecular weight is 481 g/mol. The van der Waals surface area contributed by atoms with Gasteiger partial charge in [-0.05, 0) is 48.9 Å². The first-order chi connectivity index (χ1) is 16.2. The lowest BCUT2D eigenvalue weighted by Gasteiger charge is -2.17. The fraction of sp³-hybridized carbons (Fsp3) is 0.292. The maximum atomic E-state index is 13.2. The number of fused-ring (bicyclic) bond motifs is 1. The Kier molecular flexibility index (Phi) is 5.40.